The molecule has 0 heterocycles. The first-order chi connectivity index (χ1) is 10.2. The van der Waals surface area contributed by atoms with E-state index in [1.807, 2.05) is 5.32 Å². The fraction of sp³-hybridized carbons (Fsp3) is 0.250. The molecular weight excluding hydrogens is 309 g/mol. The molecule has 7 nitrogen and oxygen atoms in total. The third kappa shape index (κ3) is 4.45. The summed E-state index contributed by atoms with van der Waals surface area (Å²) in [6.07, 6.45) is -4.73. The monoisotopic (exact) mass is 320 g/mol. The van der Waals surface area contributed by atoms with E-state index in [4.69, 9.17) is 5.11 Å². The number of benzene rings is 1. The number of carbonyl (C=O) groups excluding carboxylic acids is 1. The average molecular weight is 320 g/mol. The van der Waals surface area contributed by atoms with E-state index < -0.39 is 52.7 Å². The molecule has 0 aromatic heterocycles. The Hall–Kier alpha value is -2.62. The van der Waals surface area contributed by atoms with Crippen molar-refractivity contribution < 1.29 is 33.1 Å². The van der Waals surface area contributed by atoms with Crippen molar-refractivity contribution >= 4 is 11.5 Å². The van der Waals surface area contributed by atoms with Gasteiger partial charge < -0.3 is 15.5 Å². The molecule has 0 spiro atoms. The van der Waals surface area contributed by atoms with Gasteiger partial charge in [-0.15, -0.1) is 0 Å². The number of rotatable bonds is 6. The number of aliphatic hydroxyl groups is 1. The van der Waals surface area contributed by atoms with Crippen molar-refractivity contribution in [3.63, 3.8) is 0 Å². The fourth-order valence-corrected chi connectivity index (χ4v) is 1.47. The number of nitrogens with one attached hydrogen (secondary N) is 1. The van der Waals surface area contributed by atoms with Gasteiger partial charge in [-0.05, 0) is 6.07 Å². The summed E-state index contributed by atoms with van der Waals surface area (Å²) in [4.78, 5) is 21.5. The number of halogens is 3. The fourth-order valence-electron chi connectivity index (χ4n) is 1.47. The van der Waals surface area contributed by atoms with Crippen molar-refractivity contribution in [2.45, 2.75) is 6.18 Å². The minimum atomic E-state index is -4.89. The SMILES string of the molecule is O=C(C=C(NCCO)C(F)(F)F)c1cc([N+](=O)[O-])ccc1O. The smallest absolute Gasteiger partial charge is 0.431 e. The number of nitro benzene ring substituents is 1. The van der Waals surface area contributed by atoms with Gasteiger partial charge in [0.1, 0.15) is 11.4 Å². The number of ketones is 1. The van der Waals surface area contributed by atoms with Crippen molar-refractivity contribution in [2.75, 3.05) is 13.2 Å². The van der Waals surface area contributed by atoms with Gasteiger partial charge in [0, 0.05) is 24.8 Å². The summed E-state index contributed by atoms with van der Waals surface area (Å²) in [5, 5.41) is 30.4. The van der Waals surface area contributed by atoms with Crippen LogP contribution in [0.5, 0.6) is 5.75 Å². The van der Waals surface area contributed by atoms with Crippen molar-refractivity contribution in [1.29, 1.82) is 0 Å². The van der Waals surface area contributed by atoms with E-state index in [-0.39, 0.29) is 6.08 Å². The van der Waals surface area contributed by atoms with E-state index in [1.54, 1.807) is 0 Å². The molecule has 3 N–H and O–H groups in total. The van der Waals surface area contributed by atoms with Gasteiger partial charge in [0.2, 0.25) is 0 Å². The lowest BCUT2D eigenvalue weighted by atomic mass is 10.1. The minimum absolute atomic E-state index is 0.161. The Bertz CT molecular complexity index is 613. The number of phenolic OH excluding ortho intramolecular Hbond substituents is 1. The molecule has 120 valence electrons. The molecule has 10 heteroatoms. The van der Waals surface area contributed by atoms with E-state index in [9.17, 15) is 33.2 Å². The van der Waals surface area contributed by atoms with E-state index in [0.717, 1.165) is 12.1 Å². The number of aliphatic hydroxyl groups excluding tert-OH is 1. The first-order valence-corrected chi connectivity index (χ1v) is 5.82. The Morgan fingerprint density at radius 3 is 2.55 bits per heavy atom. The molecule has 0 atom stereocenters. The van der Waals surface area contributed by atoms with Crippen molar-refractivity contribution in [3.05, 3.63) is 45.6 Å². The second kappa shape index (κ2) is 6.89. The summed E-state index contributed by atoms with van der Waals surface area (Å²) in [7, 11) is 0. The highest BCUT2D eigenvalue weighted by atomic mass is 19.4. The topological polar surface area (TPSA) is 113 Å². The van der Waals surface area contributed by atoms with E-state index in [1.165, 1.54) is 0 Å². The third-order valence-electron chi connectivity index (χ3n) is 2.46. The van der Waals surface area contributed by atoms with Gasteiger partial charge in [0.25, 0.3) is 5.69 Å². The standard InChI is InChI=1S/C12H11F3N2O5/c13-12(14,15)11(16-3-4-18)6-10(20)8-5-7(17(21)22)1-2-9(8)19/h1-2,5-6,16,18-19H,3-4H2. The number of nitrogens with zero attached hydrogens (tertiary/aromatic N) is 1. The molecule has 0 aliphatic carbocycles. The second-order valence-corrected chi connectivity index (χ2v) is 4.03. The molecule has 1 aromatic rings. The predicted molar refractivity (Wildman–Crippen MR) is 68.3 cm³/mol. The van der Waals surface area contributed by atoms with Crippen molar-refractivity contribution in [2.24, 2.45) is 0 Å². The largest absolute Gasteiger partial charge is 0.507 e. The normalized spacial score (nSPS) is 12.1. The van der Waals surface area contributed by atoms with E-state index in [2.05, 4.69) is 0 Å². The maximum atomic E-state index is 12.7. The Balaban J connectivity index is 3.20. The van der Waals surface area contributed by atoms with Crippen LogP contribution in [0.4, 0.5) is 18.9 Å². The Morgan fingerprint density at radius 1 is 1.41 bits per heavy atom. The van der Waals surface area contributed by atoms with Crippen LogP contribution < -0.4 is 5.32 Å². The minimum Gasteiger partial charge on any atom is -0.507 e. The maximum absolute atomic E-state index is 12.7. The summed E-state index contributed by atoms with van der Waals surface area (Å²) in [6.45, 7) is -1.04. The first kappa shape index (κ1) is 17.4. The lowest BCUT2D eigenvalue weighted by molar-refractivity contribution is -0.384. The van der Waals surface area contributed by atoms with Gasteiger partial charge >= 0.3 is 6.18 Å². The molecule has 1 rings (SSSR count). The van der Waals surface area contributed by atoms with Crippen LogP contribution in [0.15, 0.2) is 30.0 Å². The van der Waals surface area contributed by atoms with E-state index in [0.29, 0.717) is 6.07 Å². The number of allylic oxidation sites excluding steroid dienone is 2. The molecule has 0 bridgehead atoms. The number of alkyl halides is 3. The summed E-state index contributed by atoms with van der Waals surface area (Å²) in [5.41, 5.74) is -2.62. The number of non-ortho nitro benzene ring substituents is 1. The summed E-state index contributed by atoms with van der Waals surface area (Å²) in [6, 6.07) is 2.42. The van der Waals surface area contributed by atoms with Gasteiger partial charge in [-0.25, -0.2) is 0 Å². The van der Waals surface area contributed by atoms with Gasteiger partial charge in [-0.1, -0.05) is 0 Å². The van der Waals surface area contributed by atoms with Gasteiger partial charge in [-0.2, -0.15) is 13.2 Å². The molecule has 22 heavy (non-hydrogen) atoms. The number of aromatic hydroxyl groups is 1. The Morgan fingerprint density at radius 2 is 2.05 bits per heavy atom. The molecule has 0 saturated carbocycles. The highest BCUT2D eigenvalue weighted by molar-refractivity contribution is 6.07. The van der Waals surface area contributed by atoms with Gasteiger partial charge in [0.05, 0.1) is 17.1 Å². The molecule has 0 amide bonds. The zero-order valence-corrected chi connectivity index (χ0v) is 10.9. The van der Waals surface area contributed by atoms with Crippen LogP contribution in [0, 0.1) is 10.1 Å². The zero-order chi connectivity index (χ0) is 16.9. The highest BCUT2D eigenvalue weighted by Gasteiger charge is 2.34. The van der Waals surface area contributed by atoms with Crippen LogP contribution >= 0.6 is 0 Å². The number of hydrogen-bond donors (Lipinski definition) is 3. The van der Waals surface area contributed by atoms with Crippen LogP contribution in [0.25, 0.3) is 0 Å². The van der Waals surface area contributed by atoms with Crippen LogP contribution in [-0.4, -0.2) is 40.2 Å². The molecule has 0 saturated heterocycles. The van der Waals surface area contributed by atoms with E-state index >= 15 is 0 Å². The molecule has 1 aromatic carbocycles. The second-order valence-electron chi connectivity index (χ2n) is 4.03. The average Bonchev–Trinajstić information content (AvgIpc) is 2.42. The van der Waals surface area contributed by atoms with Crippen LogP contribution in [-0.2, 0) is 0 Å². The molecular formula is C12H11F3N2O5. The summed E-state index contributed by atoms with van der Waals surface area (Å²) in [5.74, 6) is -1.95. The first-order valence-electron chi connectivity index (χ1n) is 5.82. The lowest BCUT2D eigenvalue weighted by Gasteiger charge is -2.13. The van der Waals surface area contributed by atoms with Crippen LogP contribution in [0.3, 0.4) is 0 Å². The highest BCUT2D eigenvalue weighted by Crippen LogP contribution is 2.27. The molecule has 0 aliphatic rings. The van der Waals surface area contributed by atoms with Crippen LogP contribution in [0.2, 0.25) is 0 Å². The molecule has 0 fully saturated rings. The number of phenols is 1. The lowest BCUT2D eigenvalue weighted by Crippen LogP contribution is -2.29. The summed E-state index contributed by atoms with van der Waals surface area (Å²) >= 11 is 0. The number of hydrogen-bond acceptors (Lipinski definition) is 6. The molecule has 0 unspecified atom stereocenters. The summed E-state index contributed by atoms with van der Waals surface area (Å²) < 4.78 is 38.1. The maximum Gasteiger partial charge on any atom is 0.431 e. The number of carbonyl (C=O) groups is 1. The Kier molecular flexibility index (Phi) is 5.46. The Labute approximate surface area is 121 Å². The predicted octanol–water partition coefficient (Wildman–Crippen LogP) is 1.51. The molecule has 0 radical (unpaired) electrons. The third-order valence-corrected chi connectivity index (χ3v) is 2.46. The molecule has 0 aliphatic heterocycles. The van der Waals surface area contributed by atoms with Gasteiger partial charge in [0.15, 0.2) is 5.78 Å². The number of nitro groups is 1. The quantitative estimate of drug-likeness (QED) is 0.317. The van der Waals surface area contributed by atoms with Crippen LogP contribution in [0.1, 0.15) is 10.4 Å². The van der Waals surface area contributed by atoms with Crippen molar-refractivity contribution in [1.82, 2.24) is 5.32 Å². The van der Waals surface area contributed by atoms with Gasteiger partial charge in [-0.3, -0.25) is 14.9 Å². The zero-order valence-electron chi connectivity index (χ0n) is 10.9. The van der Waals surface area contributed by atoms with Crippen molar-refractivity contribution in [3.8, 4) is 5.75 Å².